The zero-order valence-corrected chi connectivity index (χ0v) is 20.4. The maximum Gasteiger partial charge on any atom is 0.251 e. The molecule has 0 spiro atoms. The van der Waals surface area contributed by atoms with Gasteiger partial charge >= 0.3 is 0 Å². The maximum absolute atomic E-state index is 12.2. The van der Waals surface area contributed by atoms with Gasteiger partial charge < -0.3 is 20.9 Å². The lowest BCUT2D eigenvalue weighted by atomic mass is 10.0. The van der Waals surface area contributed by atoms with E-state index in [1.54, 1.807) is 39.6 Å². The molecule has 0 bridgehead atoms. The summed E-state index contributed by atoms with van der Waals surface area (Å²) >= 11 is 0. The molecule has 0 aliphatic heterocycles. The third kappa shape index (κ3) is 5.72. The van der Waals surface area contributed by atoms with E-state index in [2.05, 4.69) is 35.9 Å². The lowest BCUT2D eigenvalue weighted by molar-refractivity contribution is -0.126. The van der Waals surface area contributed by atoms with Crippen molar-refractivity contribution in [1.29, 1.82) is 0 Å². The zero-order chi connectivity index (χ0) is 25.5. The molecule has 36 heavy (non-hydrogen) atoms. The molecule has 3 heterocycles. The largest absolute Gasteiger partial charge is 0.370 e. The SMILES string of the molecule is CNC(=O)c1ccnc2c(CCNc3cc(-c4ccc(NCC(=O)N(C)C)nc4)ncn3)cccc12. The highest BCUT2D eigenvalue weighted by Crippen LogP contribution is 2.22. The summed E-state index contributed by atoms with van der Waals surface area (Å²) in [5.74, 6) is 1.15. The van der Waals surface area contributed by atoms with Gasteiger partial charge in [0.1, 0.15) is 18.0 Å². The van der Waals surface area contributed by atoms with Crippen molar-refractivity contribution in [3.63, 3.8) is 0 Å². The van der Waals surface area contributed by atoms with Gasteiger partial charge in [-0.2, -0.15) is 0 Å². The Morgan fingerprint density at radius 1 is 0.944 bits per heavy atom. The van der Waals surface area contributed by atoms with Gasteiger partial charge in [-0.3, -0.25) is 14.6 Å². The smallest absolute Gasteiger partial charge is 0.251 e. The fraction of sp³-hybridized carbons (Fsp3) is 0.231. The second-order valence-corrected chi connectivity index (χ2v) is 8.29. The van der Waals surface area contributed by atoms with Crippen LogP contribution in [0.3, 0.4) is 0 Å². The molecular weight excluding hydrogens is 456 g/mol. The van der Waals surface area contributed by atoms with E-state index in [9.17, 15) is 9.59 Å². The summed E-state index contributed by atoms with van der Waals surface area (Å²) in [6.07, 6.45) is 5.58. The summed E-state index contributed by atoms with van der Waals surface area (Å²) in [5.41, 5.74) is 4.04. The van der Waals surface area contributed by atoms with Crippen LogP contribution in [0.15, 0.2) is 61.2 Å². The fourth-order valence-corrected chi connectivity index (χ4v) is 3.68. The highest BCUT2D eigenvalue weighted by Gasteiger charge is 2.11. The molecule has 2 amide bonds. The van der Waals surface area contributed by atoms with Crippen LogP contribution in [0.5, 0.6) is 0 Å². The van der Waals surface area contributed by atoms with Crippen LogP contribution in [0.4, 0.5) is 11.6 Å². The Bertz CT molecular complexity index is 1370. The van der Waals surface area contributed by atoms with Crippen LogP contribution in [0, 0.1) is 0 Å². The summed E-state index contributed by atoms with van der Waals surface area (Å²) in [5, 5.41) is 9.85. The molecule has 184 valence electrons. The van der Waals surface area contributed by atoms with Crippen molar-refractivity contribution in [2.24, 2.45) is 0 Å². The van der Waals surface area contributed by atoms with Crippen LogP contribution < -0.4 is 16.0 Å². The topological polar surface area (TPSA) is 125 Å². The van der Waals surface area contributed by atoms with Crippen molar-refractivity contribution >= 4 is 34.4 Å². The number of nitrogens with zero attached hydrogens (tertiary/aromatic N) is 5. The maximum atomic E-state index is 12.2. The second kappa shape index (κ2) is 11.2. The molecular formula is C26H28N8O2. The van der Waals surface area contributed by atoms with E-state index in [0.29, 0.717) is 30.2 Å². The predicted molar refractivity (Wildman–Crippen MR) is 140 cm³/mol. The minimum atomic E-state index is -0.133. The minimum absolute atomic E-state index is 0.0291. The van der Waals surface area contributed by atoms with Crippen molar-refractivity contribution in [2.75, 3.05) is 44.9 Å². The van der Waals surface area contributed by atoms with E-state index in [1.165, 1.54) is 11.2 Å². The third-order valence-electron chi connectivity index (χ3n) is 5.67. The number of amides is 2. The Morgan fingerprint density at radius 3 is 2.56 bits per heavy atom. The Labute approximate surface area is 209 Å². The number of benzene rings is 1. The summed E-state index contributed by atoms with van der Waals surface area (Å²) < 4.78 is 0. The van der Waals surface area contributed by atoms with Crippen LogP contribution in [-0.4, -0.2) is 70.9 Å². The number of carbonyl (C=O) groups is 2. The number of fused-ring (bicyclic) bond motifs is 1. The van der Waals surface area contributed by atoms with Gasteiger partial charge in [-0.05, 0) is 30.2 Å². The number of nitrogens with one attached hydrogen (secondary N) is 3. The number of para-hydroxylation sites is 1. The lowest BCUT2D eigenvalue weighted by Crippen LogP contribution is -2.28. The average molecular weight is 485 g/mol. The van der Waals surface area contributed by atoms with Gasteiger partial charge in [-0.15, -0.1) is 0 Å². The molecule has 0 aliphatic rings. The highest BCUT2D eigenvalue weighted by molar-refractivity contribution is 6.06. The number of carbonyl (C=O) groups excluding carboxylic acids is 2. The number of hydrogen-bond acceptors (Lipinski definition) is 8. The van der Waals surface area contributed by atoms with Crippen LogP contribution in [0.2, 0.25) is 0 Å². The van der Waals surface area contributed by atoms with Gasteiger partial charge in [-0.25, -0.2) is 15.0 Å². The molecule has 10 heteroatoms. The van der Waals surface area contributed by atoms with Crippen molar-refractivity contribution in [3.05, 3.63) is 72.3 Å². The first kappa shape index (κ1) is 24.5. The monoisotopic (exact) mass is 484 g/mol. The molecule has 3 aromatic heterocycles. The molecule has 1 aromatic carbocycles. The molecule has 10 nitrogen and oxygen atoms in total. The van der Waals surface area contributed by atoms with E-state index >= 15 is 0 Å². The van der Waals surface area contributed by atoms with Gasteiger partial charge in [0.05, 0.1) is 23.3 Å². The van der Waals surface area contributed by atoms with Crippen LogP contribution in [0.25, 0.3) is 22.2 Å². The van der Waals surface area contributed by atoms with E-state index in [-0.39, 0.29) is 18.4 Å². The molecule has 0 aliphatic carbocycles. The number of pyridine rings is 2. The molecule has 0 radical (unpaired) electrons. The summed E-state index contributed by atoms with van der Waals surface area (Å²) in [7, 11) is 5.04. The lowest BCUT2D eigenvalue weighted by Gasteiger charge is -2.12. The quantitative estimate of drug-likeness (QED) is 0.331. The molecule has 4 rings (SSSR count). The van der Waals surface area contributed by atoms with Gasteiger partial charge in [-0.1, -0.05) is 18.2 Å². The number of aromatic nitrogens is 4. The number of likely N-dealkylation sites (N-methyl/N-ethyl adjacent to an activating group) is 1. The Morgan fingerprint density at radius 2 is 1.81 bits per heavy atom. The summed E-state index contributed by atoms with van der Waals surface area (Å²) in [4.78, 5) is 43.0. The van der Waals surface area contributed by atoms with E-state index in [4.69, 9.17) is 0 Å². The van der Waals surface area contributed by atoms with Crippen LogP contribution >= 0.6 is 0 Å². The highest BCUT2D eigenvalue weighted by atomic mass is 16.2. The predicted octanol–water partition coefficient (Wildman–Crippen LogP) is 2.60. The Balaban J connectivity index is 1.40. The van der Waals surface area contributed by atoms with Crippen molar-refractivity contribution < 1.29 is 9.59 Å². The zero-order valence-electron chi connectivity index (χ0n) is 20.4. The first-order valence-electron chi connectivity index (χ1n) is 11.5. The summed E-state index contributed by atoms with van der Waals surface area (Å²) in [6.45, 7) is 0.808. The molecule has 0 saturated carbocycles. The van der Waals surface area contributed by atoms with Crippen LogP contribution in [-0.2, 0) is 11.2 Å². The Kier molecular flexibility index (Phi) is 7.64. The first-order chi connectivity index (χ1) is 17.5. The summed E-state index contributed by atoms with van der Waals surface area (Å²) in [6, 6.07) is 13.2. The van der Waals surface area contributed by atoms with Gasteiger partial charge in [0.25, 0.3) is 5.91 Å². The fourth-order valence-electron chi connectivity index (χ4n) is 3.68. The minimum Gasteiger partial charge on any atom is -0.370 e. The third-order valence-corrected chi connectivity index (χ3v) is 5.67. The molecule has 3 N–H and O–H groups in total. The van der Waals surface area contributed by atoms with Crippen molar-refractivity contribution in [2.45, 2.75) is 6.42 Å². The molecule has 0 atom stereocenters. The normalized spacial score (nSPS) is 10.6. The number of hydrogen-bond donors (Lipinski definition) is 3. The van der Waals surface area contributed by atoms with Crippen molar-refractivity contribution in [3.8, 4) is 11.3 Å². The number of rotatable bonds is 9. The number of anilines is 2. The second-order valence-electron chi connectivity index (χ2n) is 8.29. The Hall–Kier alpha value is -4.60. The van der Waals surface area contributed by atoms with Gasteiger partial charge in [0.2, 0.25) is 5.91 Å². The first-order valence-corrected chi connectivity index (χ1v) is 11.5. The van der Waals surface area contributed by atoms with E-state index < -0.39 is 0 Å². The molecule has 0 unspecified atom stereocenters. The van der Waals surface area contributed by atoms with Crippen LogP contribution in [0.1, 0.15) is 15.9 Å². The molecule has 0 fully saturated rings. The van der Waals surface area contributed by atoms with E-state index in [1.807, 2.05) is 36.4 Å². The standard InChI is InChI=1S/C26H28N8O2/c1-27-26(36)20-10-12-29-25-17(5-4-6-19(20)25)9-11-28-23-13-21(32-16-33-23)18-7-8-22(30-14-18)31-15-24(35)34(2)3/h4-8,10,12-14,16H,9,11,15H2,1-3H3,(H,27,36)(H,30,31)(H,28,32,33). The molecule has 0 saturated heterocycles. The van der Waals surface area contributed by atoms with E-state index in [0.717, 1.165) is 27.7 Å². The van der Waals surface area contributed by atoms with Crippen molar-refractivity contribution in [1.82, 2.24) is 30.2 Å². The van der Waals surface area contributed by atoms with Gasteiger partial charge in [0, 0.05) is 57.1 Å². The average Bonchev–Trinajstić information content (AvgIpc) is 2.91. The molecule has 4 aromatic rings. The van der Waals surface area contributed by atoms with Gasteiger partial charge in [0.15, 0.2) is 0 Å².